The molecule has 1 aromatic rings. The van der Waals surface area contributed by atoms with Crippen LogP contribution in [0.25, 0.3) is 0 Å². The van der Waals surface area contributed by atoms with Crippen LogP contribution in [0.1, 0.15) is 0 Å². The van der Waals surface area contributed by atoms with Crippen LogP contribution < -0.4 is 8.70 Å². The summed E-state index contributed by atoms with van der Waals surface area (Å²) in [5.74, 6) is 0. The van der Waals surface area contributed by atoms with Gasteiger partial charge in [-0.05, 0) is 0 Å². The van der Waals surface area contributed by atoms with Gasteiger partial charge in [-0.1, -0.05) is 0 Å². The minimum atomic E-state index is 0.362. The number of benzene rings is 1. The van der Waals surface area contributed by atoms with Gasteiger partial charge in [0.15, 0.2) is 0 Å². The first-order chi connectivity index (χ1) is 4.88. The Morgan fingerprint density at radius 1 is 0.900 bits per heavy atom. The van der Waals surface area contributed by atoms with Gasteiger partial charge in [-0.15, -0.1) is 0 Å². The molecule has 1 rings (SSSR count). The van der Waals surface area contributed by atoms with Crippen molar-refractivity contribution < 1.29 is 0 Å². The molecule has 0 aliphatic heterocycles. The molecule has 0 nitrogen and oxygen atoms in total. The van der Waals surface area contributed by atoms with Crippen molar-refractivity contribution in [2.75, 3.05) is 0 Å². The molecule has 0 aromatic heterocycles. The fraction of sp³-hybridized carbons (Fsp3) is 0. The zero-order valence-corrected chi connectivity index (χ0v) is 12.6. The minimum absolute atomic E-state index is 0.362. The molecule has 10 heavy (non-hydrogen) atoms. The SMILES string of the molecule is [As][As]c1ccccc1[As][As]. The van der Waals surface area contributed by atoms with Gasteiger partial charge in [0.1, 0.15) is 0 Å². The third-order valence-electron chi connectivity index (χ3n) is 1.10. The van der Waals surface area contributed by atoms with Crippen LogP contribution in [0.2, 0.25) is 0 Å². The molecule has 0 N–H and O–H groups in total. The fourth-order valence-electron chi connectivity index (χ4n) is 0.633. The van der Waals surface area contributed by atoms with E-state index in [-0.39, 0.29) is 0 Å². The van der Waals surface area contributed by atoms with Gasteiger partial charge in [0.2, 0.25) is 0 Å². The third kappa shape index (κ3) is 2.50. The summed E-state index contributed by atoms with van der Waals surface area (Å²) in [6, 6.07) is 8.75. The number of hydrogen-bond acceptors (Lipinski definition) is 0. The van der Waals surface area contributed by atoms with Gasteiger partial charge in [-0.2, -0.15) is 0 Å². The Balaban J connectivity index is 2.96. The second-order valence-corrected chi connectivity index (χ2v) is 8.91. The summed E-state index contributed by atoms with van der Waals surface area (Å²) in [7, 11) is 0. The molecule has 4 heteroatoms. The van der Waals surface area contributed by atoms with Crippen molar-refractivity contribution in [2.24, 2.45) is 0 Å². The standard InChI is InChI=1S/C6H4As4/c7-9-5-3-1-2-4-6(5)10-8/h1-4H. The van der Waals surface area contributed by atoms with Gasteiger partial charge < -0.3 is 0 Å². The van der Waals surface area contributed by atoms with E-state index in [1.54, 1.807) is 8.70 Å². The van der Waals surface area contributed by atoms with Gasteiger partial charge in [0, 0.05) is 0 Å². The van der Waals surface area contributed by atoms with E-state index in [2.05, 4.69) is 53.8 Å². The molecule has 0 aliphatic carbocycles. The fourth-order valence-corrected chi connectivity index (χ4v) is 10.8. The molecule has 0 fully saturated rings. The molecule has 0 heterocycles. The van der Waals surface area contributed by atoms with Crippen molar-refractivity contribution >= 4 is 65.6 Å². The maximum absolute atomic E-state index is 2.72. The van der Waals surface area contributed by atoms with E-state index in [1.807, 2.05) is 0 Å². The summed E-state index contributed by atoms with van der Waals surface area (Å²) in [4.78, 5) is 0. The van der Waals surface area contributed by atoms with Gasteiger partial charge >= 0.3 is 89.9 Å². The molecule has 0 bridgehead atoms. The Labute approximate surface area is 88.9 Å². The van der Waals surface area contributed by atoms with Gasteiger partial charge in [0.25, 0.3) is 0 Å². The van der Waals surface area contributed by atoms with Crippen LogP contribution in [0.4, 0.5) is 0 Å². The summed E-state index contributed by atoms with van der Waals surface area (Å²) in [6.07, 6.45) is 0. The Hall–Kier alpha value is 1.45. The van der Waals surface area contributed by atoms with E-state index in [9.17, 15) is 0 Å². The van der Waals surface area contributed by atoms with Crippen LogP contribution in [0.3, 0.4) is 0 Å². The molecule has 0 saturated heterocycles. The Morgan fingerprint density at radius 2 is 1.30 bits per heavy atom. The quantitative estimate of drug-likeness (QED) is 0.553. The molecule has 0 spiro atoms. The van der Waals surface area contributed by atoms with Gasteiger partial charge in [0.05, 0.1) is 0 Å². The van der Waals surface area contributed by atoms with E-state index in [0.29, 0.717) is 27.4 Å². The predicted molar refractivity (Wildman–Crippen MR) is 48.7 cm³/mol. The van der Waals surface area contributed by atoms with E-state index in [0.717, 1.165) is 0 Å². The van der Waals surface area contributed by atoms with Crippen molar-refractivity contribution in [1.82, 2.24) is 0 Å². The van der Waals surface area contributed by atoms with Crippen LogP contribution in [-0.4, -0.2) is 56.9 Å². The molecular formula is C6H4As4. The van der Waals surface area contributed by atoms with Crippen LogP contribution in [0.15, 0.2) is 24.3 Å². The second kappa shape index (κ2) is 5.16. The predicted octanol–water partition coefficient (Wildman–Crippen LogP) is -1.49. The average Bonchev–Trinajstić information content (AvgIpc) is 2.04. The van der Waals surface area contributed by atoms with E-state index >= 15 is 0 Å². The first-order valence-electron chi connectivity index (χ1n) is 2.67. The van der Waals surface area contributed by atoms with Crippen LogP contribution >= 0.6 is 0 Å². The summed E-state index contributed by atoms with van der Waals surface area (Å²) < 4.78 is 3.17. The van der Waals surface area contributed by atoms with Crippen molar-refractivity contribution in [3.63, 3.8) is 0 Å². The average molecular weight is 376 g/mol. The topological polar surface area (TPSA) is 0 Å². The van der Waals surface area contributed by atoms with Crippen molar-refractivity contribution in [3.05, 3.63) is 24.3 Å². The van der Waals surface area contributed by atoms with Crippen molar-refractivity contribution in [3.8, 4) is 0 Å². The summed E-state index contributed by atoms with van der Waals surface area (Å²) >= 11 is 6.16. The number of rotatable bonds is 2. The van der Waals surface area contributed by atoms with Crippen LogP contribution in [0.5, 0.6) is 0 Å². The van der Waals surface area contributed by atoms with Crippen molar-refractivity contribution in [2.45, 2.75) is 0 Å². The van der Waals surface area contributed by atoms with Gasteiger partial charge in [-0.25, -0.2) is 0 Å². The molecular weight excluding hydrogens is 372 g/mol. The Kier molecular flexibility index (Phi) is 4.92. The Bertz CT molecular complexity index is 188. The zero-order valence-electron chi connectivity index (χ0n) is 5.10. The van der Waals surface area contributed by atoms with E-state index < -0.39 is 0 Å². The zero-order chi connectivity index (χ0) is 7.40. The summed E-state index contributed by atoms with van der Waals surface area (Å²) in [5.41, 5.74) is 0. The van der Waals surface area contributed by atoms with Crippen molar-refractivity contribution in [1.29, 1.82) is 0 Å². The molecule has 0 atom stereocenters. The van der Waals surface area contributed by atoms with Crippen LogP contribution in [-0.2, 0) is 0 Å². The monoisotopic (exact) mass is 376 g/mol. The summed E-state index contributed by atoms with van der Waals surface area (Å²) in [6.45, 7) is 0. The molecule has 0 unspecified atom stereocenters. The number of hydrogen-bond donors (Lipinski definition) is 0. The molecule has 1 aromatic carbocycles. The van der Waals surface area contributed by atoms with Crippen LogP contribution in [0, 0.1) is 0 Å². The van der Waals surface area contributed by atoms with Gasteiger partial charge in [-0.3, -0.25) is 0 Å². The third-order valence-corrected chi connectivity index (χ3v) is 9.17. The first-order valence-corrected chi connectivity index (χ1v) is 15.0. The second-order valence-electron chi connectivity index (χ2n) is 1.69. The molecule has 6 radical (unpaired) electrons. The maximum atomic E-state index is 2.72. The Morgan fingerprint density at radius 3 is 1.60 bits per heavy atom. The molecule has 0 aliphatic rings. The summed E-state index contributed by atoms with van der Waals surface area (Å²) in [5, 5.41) is 0. The normalized spacial score (nSPS) is 12.2. The first kappa shape index (κ1) is 9.54. The van der Waals surface area contributed by atoms with E-state index in [4.69, 9.17) is 0 Å². The molecule has 48 valence electrons. The van der Waals surface area contributed by atoms with E-state index in [1.165, 1.54) is 0 Å². The molecule has 0 saturated carbocycles. The molecule has 0 amide bonds.